The van der Waals surface area contributed by atoms with Crippen LogP contribution in [0.4, 0.5) is 0 Å². The summed E-state index contributed by atoms with van der Waals surface area (Å²) in [5, 5.41) is 4.25. The van der Waals surface area contributed by atoms with E-state index in [9.17, 15) is 0 Å². The van der Waals surface area contributed by atoms with E-state index in [-0.39, 0.29) is 5.54 Å². The zero-order valence-corrected chi connectivity index (χ0v) is 11.5. The van der Waals surface area contributed by atoms with Gasteiger partial charge in [-0.05, 0) is 50.4 Å². The molecule has 1 unspecified atom stereocenters. The SMILES string of the molecule is CCC1(c2nc3cc(Cl)cc(C)c3o2)CCCN1. The van der Waals surface area contributed by atoms with E-state index < -0.39 is 0 Å². The number of nitrogens with zero attached hydrogens (tertiary/aromatic N) is 1. The van der Waals surface area contributed by atoms with Crippen LogP contribution in [0.15, 0.2) is 16.5 Å². The highest BCUT2D eigenvalue weighted by Crippen LogP contribution is 2.36. The quantitative estimate of drug-likeness (QED) is 0.897. The normalized spacial score (nSPS) is 23.9. The van der Waals surface area contributed by atoms with Gasteiger partial charge in [0.15, 0.2) is 5.58 Å². The number of fused-ring (bicyclic) bond motifs is 1. The van der Waals surface area contributed by atoms with E-state index in [4.69, 9.17) is 16.0 Å². The second kappa shape index (κ2) is 4.25. The largest absolute Gasteiger partial charge is 0.438 e. The van der Waals surface area contributed by atoms with Gasteiger partial charge in [0.1, 0.15) is 5.52 Å². The molecule has 4 heteroatoms. The maximum absolute atomic E-state index is 6.06. The fourth-order valence-electron chi connectivity index (χ4n) is 2.80. The Labute approximate surface area is 112 Å². The van der Waals surface area contributed by atoms with Gasteiger partial charge in [0.05, 0.1) is 5.54 Å². The number of oxazole rings is 1. The molecule has 18 heavy (non-hydrogen) atoms. The van der Waals surface area contributed by atoms with Crippen molar-refractivity contribution in [1.29, 1.82) is 0 Å². The van der Waals surface area contributed by atoms with Gasteiger partial charge in [-0.1, -0.05) is 18.5 Å². The van der Waals surface area contributed by atoms with Crippen molar-refractivity contribution < 1.29 is 4.42 Å². The standard InChI is InChI=1S/C14H17ClN2O/c1-3-14(5-4-6-16-14)13-17-11-8-10(15)7-9(2)12(11)18-13/h7-8,16H,3-6H2,1-2H3. The summed E-state index contributed by atoms with van der Waals surface area (Å²) >= 11 is 6.06. The monoisotopic (exact) mass is 264 g/mol. The van der Waals surface area contributed by atoms with Crippen molar-refractivity contribution in [2.24, 2.45) is 0 Å². The highest BCUT2D eigenvalue weighted by molar-refractivity contribution is 6.31. The molecule has 1 aliphatic heterocycles. The molecular weight excluding hydrogens is 248 g/mol. The van der Waals surface area contributed by atoms with Gasteiger partial charge < -0.3 is 9.73 Å². The van der Waals surface area contributed by atoms with Crippen LogP contribution in [0, 0.1) is 6.92 Å². The Morgan fingerprint density at radius 2 is 2.33 bits per heavy atom. The van der Waals surface area contributed by atoms with Gasteiger partial charge in [0.25, 0.3) is 0 Å². The minimum Gasteiger partial charge on any atom is -0.438 e. The second-order valence-corrected chi connectivity index (χ2v) is 5.49. The van der Waals surface area contributed by atoms with Crippen LogP contribution >= 0.6 is 11.6 Å². The predicted molar refractivity (Wildman–Crippen MR) is 73.0 cm³/mol. The molecule has 1 aliphatic rings. The lowest BCUT2D eigenvalue weighted by atomic mass is 9.94. The summed E-state index contributed by atoms with van der Waals surface area (Å²) in [5.41, 5.74) is 2.67. The zero-order chi connectivity index (χ0) is 12.8. The van der Waals surface area contributed by atoms with E-state index in [2.05, 4.69) is 17.2 Å². The Bertz CT molecular complexity index is 585. The van der Waals surface area contributed by atoms with E-state index in [0.29, 0.717) is 5.02 Å². The summed E-state index contributed by atoms with van der Waals surface area (Å²) in [6, 6.07) is 3.79. The number of hydrogen-bond acceptors (Lipinski definition) is 3. The molecule has 1 N–H and O–H groups in total. The number of rotatable bonds is 2. The lowest BCUT2D eigenvalue weighted by molar-refractivity contribution is 0.292. The van der Waals surface area contributed by atoms with Crippen LogP contribution in [-0.2, 0) is 5.54 Å². The highest BCUT2D eigenvalue weighted by atomic mass is 35.5. The summed E-state index contributed by atoms with van der Waals surface area (Å²) in [4.78, 5) is 4.65. The average molecular weight is 265 g/mol. The van der Waals surface area contributed by atoms with Gasteiger partial charge in [-0.2, -0.15) is 0 Å². The molecule has 1 saturated heterocycles. The molecule has 1 fully saturated rings. The van der Waals surface area contributed by atoms with Crippen LogP contribution in [-0.4, -0.2) is 11.5 Å². The molecule has 1 aromatic heterocycles. The van der Waals surface area contributed by atoms with Gasteiger partial charge >= 0.3 is 0 Å². The van der Waals surface area contributed by atoms with E-state index >= 15 is 0 Å². The summed E-state index contributed by atoms with van der Waals surface area (Å²) in [6.07, 6.45) is 3.25. The molecule has 0 aliphatic carbocycles. The van der Waals surface area contributed by atoms with Crippen LogP contribution < -0.4 is 5.32 Å². The van der Waals surface area contributed by atoms with Crippen LogP contribution in [0.5, 0.6) is 0 Å². The fraction of sp³-hybridized carbons (Fsp3) is 0.500. The number of nitrogens with one attached hydrogen (secondary N) is 1. The van der Waals surface area contributed by atoms with E-state index in [1.54, 1.807) is 0 Å². The van der Waals surface area contributed by atoms with Gasteiger partial charge in [0.2, 0.25) is 5.89 Å². The first-order valence-electron chi connectivity index (χ1n) is 6.47. The first-order chi connectivity index (χ1) is 8.64. The van der Waals surface area contributed by atoms with Crippen LogP contribution in [0.1, 0.15) is 37.6 Å². The zero-order valence-electron chi connectivity index (χ0n) is 10.7. The van der Waals surface area contributed by atoms with E-state index in [0.717, 1.165) is 41.9 Å². The van der Waals surface area contributed by atoms with Crippen LogP contribution in [0.2, 0.25) is 5.02 Å². The van der Waals surface area contributed by atoms with Crippen molar-refractivity contribution in [1.82, 2.24) is 10.3 Å². The molecule has 0 bridgehead atoms. The first-order valence-corrected chi connectivity index (χ1v) is 6.84. The Morgan fingerprint density at radius 3 is 3.00 bits per heavy atom. The maximum Gasteiger partial charge on any atom is 0.215 e. The highest BCUT2D eigenvalue weighted by Gasteiger charge is 2.38. The molecular formula is C14H17ClN2O. The Hall–Kier alpha value is -1.06. The minimum absolute atomic E-state index is 0.0854. The van der Waals surface area contributed by atoms with Gasteiger partial charge in [-0.3, -0.25) is 0 Å². The Balaban J connectivity index is 2.16. The van der Waals surface area contributed by atoms with Gasteiger partial charge in [0, 0.05) is 5.02 Å². The van der Waals surface area contributed by atoms with Crippen molar-refractivity contribution in [3.63, 3.8) is 0 Å². The molecule has 3 nitrogen and oxygen atoms in total. The van der Waals surface area contributed by atoms with Crippen molar-refractivity contribution in [3.8, 4) is 0 Å². The molecule has 96 valence electrons. The molecule has 0 amide bonds. The molecule has 2 heterocycles. The summed E-state index contributed by atoms with van der Waals surface area (Å²) < 4.78 is 6.00. The van der Waals surface area contributed by atoms with Crippen LogP contribution in [0.3, 0.4) is 0 Å². The maximum atomic E-state index is 6.06. The average Bonchev–Trinajstić information content (AvgIpc) is 2.94. The van der Waals surface area contributed by atoms with Crippen molar-refractivity contribution in [2.45, 2.75) is 38.6 Å². The van der Waals surface area contributed by atoms with E-state index in [1.807, 2.05) is 19.1 Å². The first kappa shape index (κ1) is 12.0. The smallest absolute Gasteiger partial charge is 0.215 e. The summed E-state index contributed by atoms with van der Waals surface area (Å²) in [6.45, 7) is 5.21. The minimum atomic E-state index is -0.0854. The number of aromatic nitrogens is 1. The molecule has 0 radical (unpaired) electrons. The number of hydrogen-bond donors (Lipinski definition) is 1. The summed E-state index contributed by atoms with van der Waals surface area (Å²) in [5.74, 6) is 0.808. The lowest BCUT2D eigenvalue weighted by Crippen LogP contribution is -2.36. The Morgan fingerprint density at radius 1 is 1.50 bits per heavy atom. The third-order valence-corrected chi connectivity index (χ3v) is 4.12. The molecule has 1 aromatic carbocycles. The van der Waals surface area contributed by atoms with Crippen molar-refractivity contribution >= 4 is 22.7 Å². The second-order valence-electron chi connectivity index (χ2n) is 5.06. The molecule has 1 atom stereocenters. The van der Waals surface area contributed by atoms with Crippen molar-refractivity contribution in [3.05, 3.63) is 28.6 Å². The third-order valence-electron chi connectivity index (χ3n) is 3.90. The summed E-state index contributed by atoms with van der Waals surface area (Å²) in [7, 11) is 0. The van der Waals surface area contributed by atoms with Crippen molar-refractivity contribution in [2.75, 3.05) is 6.54 Å². The molecule has 2 aromatic rings. The molecule has 3 rings (SSSR count). The lowest BCUT2D eigenvalue weighted by Gasteiger charge is -2.23. The topological polar surface area (TPSA) is 38.1 Å². The fourth-order valence-corrected chi connectivity index (χ4v) is 3.07. The molecule has 0 spiro atoms. The van der Waals surface area contributed by atoms with E-state index in [1.165, 1.54) is 6.42 Å². The third kappa shape index (κ3) is 1.73. The number of halogens is 1. The van der Waals surface area contributed by atoms with Gasteiger partial charge in [-0.25, -0.2) is 4.98 Å². The predicted octanol–water partition coefficient (Wildman–Crippen LogP) is 3.78. The molecule has 0 saturated carbocycles. The Kier molecular flexibility index (Phi) is 2.83. The number of aryl methyl sites for hydroxylation is 1. The van der Waals surface area contributed by atoms with Crippen LogP contribution in [0.25, 0.3) is 11.1 Å². The number of benzene rings is 1. The van der Waals surface area contributed by atoms with Gasteiger partial charge in [-0.15, -0.1) is 0 Å².